The van der Waals surface area contributed by atoms with Gasteiger partial charge in [-0.25, -0.2) is 4.79 Å². The number of hydrogen-bond donors (Lipinski definition) is 1. The van der Waals surface area contributed by atoms with E-state index in [1.807, 2.05) is 13.0 Å². The van der Waals surface area contributed by atoms with Gasteiger partial charge in [-0.3, -0.25) is 4.79 Å². The summed E-state index contributed by atoms with van der Waals surface area (Å²) in [6.45, 7) is 1.90. The molecule has 1 N–H and O–H groups in total. The third-order valence-corrected chi connectivity index (χ3v) is 2.89. The number of carbonyl (C=O) groups excluding carboxylic acids is 1. The van der Waals surface area contributed by atoms with E-state index in [1.54, 1.807) is 12.1 Å². The second-order valence-electron chi connectivity index (χ2n) is 4.23. The molecule has 0 aliphatic heterocycles. The number of carboxylic acid groups (broad SMARTS) is 1. The van der Waals surface area contributed by atoms with Crippen molar-refractivity contribution < 1.29 is 19.4 Å². The Hall–Kier alpha value is -1.84. The first-order valence-corrected chi connectivity index (χ1v) is 5.94. The van der Waals surface area contributed by atoms with Crippen molar-refractivity contribution in [2.45, 2.75) is 32.6 Å². The van der Waals surface area contributed by atoms with Crippen molar-refractivity contribution >= 4 is 11.9 Å². The molecule has 98 valence electrons. The van der Waals surface area contributed by atoms with Crippen molar-refractivity contribution in [3.8, 4) is 0 Å². The molecule has 18 heavy (non-hydrogen) atoms. The topological polar surface area (TPSA) is 63.6 Å². The Bertz CT molecular complexity index is 437. The van der Waals surface area contributed by atoms with Crippen LogP contribution in [-0.4, -0.2) is 24.2 Å². The van der Waals surface area contributed by atoms with Crippen LogP contribution in [0.4, 0.5) is 0 Å². The molecule has 1 aromatic rings. The molecule has 0 bridgehead atoms. The molecule has 0 amide bonds. The molecule has 0 atom stereocenters. The number of aromatic carboxylic acids is 1. The minimum Gasteiger partial charge on any atom is -0.478 e. The fourth-order valence-corrected chi connectivity index (χ4v) is 1.80. The molecule has 0 heterocycles. The number of aryl methyl sites for hydroxylation is 2. The van der Waals surface area contributed by atoms with Gasteiger partial charge in [0.05, 0.1) is 12.7 Å². The smallest absolute Gasteiger partial charge is 0.335 e. The van der Waals surface area contributed by atoms with Crippen LogP contribution in [0.1, 0.15) is 40.7 Å². The van der Waals surface area contributed by atoms with E-state index < -0.39 is 5.97 Å². The summed E-state index contributed by atoms with van der Waals surface area (Å²) in [4.78, 5) is 21.7. The van der Waals surface area contributed by atoms with Gasteiger partial charge in [-0.2, -0.15) is 0 Å². The van der Waals surface area contributed by atoms with Gasteiger partial charge in [0, 0.05) is 6.42 Å². The maximum absolute atomic E-state index is 10.9. The Kier molecular flexibility index (Phi) is 5.36. The highest BCUT2D eigenvalue weighted by Gasteiger charge is 2.06. The minimum absolute atomic E-state index is 0.187. The van der Waals surface area contributed by atoms with Crippen LogP contribution in [0.3, 0.4) is 0 Å². The normalized spacial score (nSPS) is 10.1. The summed E-state index contributed by atoms with van der Waals surface area (Å²) in [5.41, 5.74) is 2.42. The van der Waals surface area contributed by atoms with Crippen LogP contribution < -0.4 is 0 Å². The van der Waals surface area contributed by atoms with E-state index in [2.05, 4.69) is 4.74 Å². The largest absolute Gasteiger partial charge is 0.478 e. The molecule has 0 fully saturated rings. The summed E-state index contributed by atoms with van der Waals surface area (Å²) < 4.78 is 4.56. The van der Waals surface area contributed by atoms with Crippen LogP contribution >= 0.6 is 0 Å². The summed E-state index contributed by atoms with van der Waals surface area (Å²) in [5, 5.41) is 8.85. The molecule has 0 unspecified atom stereocenters. The lowest BCUT2D eigenvalue weighted by Gasteiger charge is -2.06. The zero-order chi connectivity index (χ0) is 13.5. The molecule has 0 aliphatic carbocycles. The van der Waals surface area contributed by atoms with Crippen LogP contribution in [-0.2, 0) is 16.0 Å². The number of ether oxygens (including phenoxy) is 1. The molecule has 4 heteroatoms. The Morgan fingerprint density at radius 3 is 2.56 bits per heavy atom. The monoisotopic (exact) mass is 250 g/mol. The third-order valence-electron chi connectivity index (χ3n) is 2.89. The van der Waals surface area contributed by atoms with E-state index in [1.165, 1.54) is 7.11 Å². The summed E-state index contributed by atoms with van der Waals surface area (Å²) in [6, 6.07) is 5.14. The average molecular weight is 250 g/mol. The minimum atomic E-state index is -0.907. The Morgan fingerprint density at radius 2 is 2.00 bits per heavy atom. The number of benzene rings is 1. The highest BCUT2D eigenvalue weighted by Crippen LogP contribution is 2.14. The van der Waals surface area contributed by atoms with Gasteiger partial charge < -0.3 is 9.84 Å². The highest BCUT2D eigenvalue weighted by atomic mass is 16.5. The SMILES string of the molecule is COC(=O)CCCCc1ccc(C(=O)O)cc1C. The highest BCUT2D eigenvalue weighted by molar-refractivity contribution is 5.87. The summed E-state index contributed by atoms with van der Waals surface area (Å²) >= 11 is 0. The second-order valence-corrected chi connectivity index (χ2v) is 4.23. The maximum Gasteiger partial charge on any atom is 0.335 e. The molecular weight excluding hydrogens is 232 g/mol. The molecule has 1 aromatic carbocycles. The number of esters is 1. The van der Waals surface area contributed by atoms with Crippen molar-refractivity contribution in [2.75, 3.05) is 7.11 Å². The van der Waals surface area contributed by atoms with E-state index in [9.17, 15) is 9.59 Å². The van der Waals surface area contributed by atoms with Gasteiger partial charge in [0.1, 0.15) is 0 Å². The van der Waals surface area contributed by atoms with Gasteiger partial charge in [-0.1, -0.05) is 6.07 Å². The fourth-order valence-electron chi connectivity index (χ4n) is 1.80. The first kappa shape index (κ1) is 14.2. The van der Waals surface area contributed by atoms with E-state index in [0.717, 1.165) is 30.4 Å². The van der Waals surface area contributed by atoms with Gasteiger partial charge in [0.2, 0.25) is 0 Å². The maximum atomic E-state index is 10.9. The number of carbonyl (C=O) groups is 2. The molecule has 0 aromatic heterocycles. The van der Waals surface area contributed by atoms with Crippen LogP contribution in [0, 0.1) is 6.92 Å². The summed E-state index contributed by atoms with van der Waals surface area (Å²) in [6.07, 6.45) is 2.96. The lowest BCUT2D eigenvalue weighted by atomic mass is 10.00. The summed E-state index contributed by atoms with van der Waals surface area (Å²) in [7, 11) is 1.39. The third kappa shape index (κ3) is 4.20. The Labute approximate surface area is 107 Å². The van der Waals surface area contributed by atoms with E-state index in [-0.39, 0.29) is 5.97 Å². The fraction of sp³-hybridized carbons (Fsp3) is 0.429. The lowest BCUT2D eigenvalue weighted by molar-refractivity contribution is -0.140. The molecule has 0 aliphatic rings. The van der Waals surface area contributed by atoms with Gasteiger partial charge in [-0.15, -0.1) is 0 Å². The van der Waals surface area contributed by atoms with Crippen LogP contribution in [0.15, 0.2) is 18.2 Å². The Balaban J connectivity index is 2.48. The van der Waals surface area contributed by atoms with Crippen molar-refractivity contribution in [3.63, 3.8) is 0 Å². The standard InChI is InChI=1S/C14H18O4/c1-10-9-12(14(16)17)8-7-11(10)5-3-4-6-13(15)18-2/h7-9H,3-6H2,1-2H3,(H,16,17). The Morgan fingerprint density at radius 1 is 1.28 bits per heavy atom. The number of methoxy groups -OCH3 is 1. The quantitative estimate of drug-likeness (QED) is 0.622. The van der Waals surface area contributed by atoms with Gasteiger partial charge in [-0.05, 0) is 49.4 Å². The molecule has 0 spiro atoms. The van der Waals surface area contributed by atoms with Crippen molar-refractivity contribution in [1.82, 2.24) is 0 Å². The van der Waals surface area contributed by atoms with Crippen LogP contribution in [0.25, 0.3) is 0 Å². The lowest BCUT2D eigenvalue weighted by Crippen LogP contribution is -2.01. The predicted molar refractivity (Wildman–Crippen MR) is 67.7 cm³/mol. The molecular formula is C14H18O4. The molecule has 0 radical (unpaired) electrons. The molecule has 1 rings (SSSR count). The zero-order valence-corrected chi connectivity index (χ0v) is 10.7. The number of hydrogen-bond acceptors (Lipinski definition) is 3. The predicted octanol–water partition coefficient (Wildman–Crippen LogP) is 2.58. The van der Waals surface area contributed by atoms with E-state index in [4.69, 9.17) is 5.11 Å². The summed E-state index contributed by atoms with van der Waals surface area (Å²) in [5.74, 6) is -1.09. The van der Waals surface area contributed by atoms with E-state index >= 15 is 0 Å². The second kappa shape index (κ2) is 6.79. The van der Waals surface area contributed by atoms with Gasteiger partial charge in [0.25, 0.3) is 0 Å². The zero-order valence-electron chi connectivity index (χ0n) is 10.7. The first-order valence-electron chi connectivity index (χ1n) is 5.94. The van der Waals surface area contributed by atoms with Crippen LogP contribution in [0.2, 0.25) is 0 Å². The van der Waals surface area contributed by atoms with E-state index in [0.29, 0.717) is 12.0 Å². The molecule has 0 saturated heterocycles. The number of unbranched alkanes of at least 4 members (excludes halogenated alkanes) is 1. The molecule has 0 saturated carbocycles. The van der Waals surface area contributed by atoms with Crippen molar-refractivity contribution in [1.29, 1.82) is 0 Å². The molecule has 4 nitrogen and oxygen atoms in total. The van der Waals surface area contributed by atoms with Gasteiger partial charge in [0.15, 0.2) is 0 Å². The number of rotatable bonds is 6. The van der Waals surface area contributed by atoms with Crippen molar-refractivity contribution in [3.05, 3.63) is 34.9 Å². The first-order chi connectivity index (χ1) is 8.54. The number of carboxylic acids is 1. The van der Waals surface area contributed by atoms with Gasteiger partial charge >= 0.3 is 11.9 Å². The average Bonchev–Trinajstić information content (AvgIpc) is 2.35. The van der Waals surface area contributed by atoms with Crippen molar-refractivity contribution in [2.24, 2.45) is 0 Å². The van der Waals surface area contributed by atoms with Crippen LogP contribution in [0.5, 0.6) is 0 Å².